The van der Waals surface area contributed by atoms with Gasteiger partial charge < -0.3 is 15.5 Å². The number of halogens is 1. The standard InChI is InChI=1S/C17H16FNO4/c1-10-2-5-12(9-14(10)18)16(21)19-15(17(22)23)8-11-3-6-13(20)7-4-11/h2-7,9,15,20H,8H2,1H3,(H,19,21)(H,22,23). The van der Waals surface area contributed by atoms with Gasteiger partial charge in [0.15, 0.2) is 0 Å². The summed E-state index contributed by atoms with van der Waals surface area (Å²) in [5.74, 6) is -2.31. The number of carboxylic acids is 1. The van der Waals surface area contributed by atoms with Crippen LogP contribution in [0.3, 0.4) is 0 Å². The van der Waals surface area contributed by atoms with Crippen LogP contribution in [0.15, 0.2) is 42.5 Å². The summed E-state index contributed by atoms with van der Waals surface area (Å²) in [6.07, 6.45) is 0.0513. The van der Waals surface area contributed by atoms with Crippen molar-refractivity contribution in [3.63, 3.8) is 0 Å². The van der Waals surface area contributed by atoms with Crippen LogP contribution in [0.5, 0.6) is 5.75 Å². The number of rotatable bonds is 5. The molecule has 2 aromatic rings. The Morgan fingerprint density at radius 2 is 1.83 bits per heavy atom. The lowest BCUT2D eigenvalue weighted by molar-refractivity contribution is -0.139. The Morgan fingerprint density at radius 1 is 1.17 bits per heavy atom. The lowest BCUT2D eigenvalue weighted by atomic mass is 10.0. The first-order valence-electron chi connectivity index (χ1n) is 6.94. The maximum absolute atomic E-state index is 13.5. The predicted octanol–water partition coefficient (Wildman–Crippen LogP) is 2.27. The maximum atomic E-state index is 13.5. The minimum atomic E-state index is -1.20. The number of hydrogen-bond acceptors (Lipinski definition) is 3. The summed E-state index contributed by atoms with van der Waals surface area (Å²) in [6, 6.07) is 8.83. The molecule has 0 aliphatic heterocycles. The molecule has 23 heavy (non-hydrogen) atoms. The SMILES string of the molecule is Cc1ccc(C(=O)NC(Cc2ccc(O)cc2)C(=O)O)cc1F. The zero-order valence-electron chi connectivity index (χ0n) is 12.4. The molecule has 0 heterocycles. The Morgan fingerprint density at radius 3 is 2.39 bits per heavy atom. The summed E-state index contributed by atoms with van der Waals surface area (Å²) >= 11 is 0. The van der Waals surface area contributed by atoms with Gasteiger partial charge in [-0.05, 0) is 42.3 Å². The van der Waals surface area contributed by atoms with Crippen LogP contribution in [-0.4, -0.2) is 28.1 Å². The highest BCUT2D eigenvalue weighted by molar-refractivity contribution is 5.96. The molecule has 0 fully saturated rings. The third kappa shape index (κ3) is 4.29. The van der Waals surface area contributed by atoms with Crippen molar-refractivity contribution in [2.45, 2.75) is 19.4 Å². The van der Waals surface area contributed by atoms with E-state index in [-0.39, 0.29) is 17.7 Å². The molecule has 0 aliphatic carbocycles. The van der Waals surface area contributed by atoms with Gasteiger partial charge >= 0.3 is 5.97 Å². The van der Waals surface area contributed by atoms with E-state index in [2.05, 4.69) is 5.32 Å². The minimum Gasteiger partial charge on any atom is -0.508 e. The fourth-order valence-electron chi connectivity index (χ4n) is 2.04. The van der Waals surface area contributed by atoms with Gasteiger partial charge in [0, 0.05) is 12.0 Å². The molecule has 0 saturated carbocycles. The highest BCUT2D eigenvalue weighted by atomic mass is 19.1. The summed E-state index contributed by atoms with van der Waals surface area (Å²) in [6.45, 7) is 1.57. The number of hydrogen-bond donors (Lipinski definition) is 3. The van der Waals surface area contributed by atoms with Crippen molar-refractivity contribution < 1.29 is 24.2 Å². The second-order valence-electron chi connectivity index (χ2n) is 5.20. The van der Waals surface area contributed by atoms with Crippen LogP contribution in [0.4, 0.5) is 4.39 Å². The van der Waals surface area contributed by atoms with Crippen molar-refractivity contribution in [1.82, 2.24) is 5.32 Å². The zero-order chi connectivity index (χ0) is 17.0. The Bertz CT molecular complexity index is 728. The molecule has 0 aromatic heterocycles. The Labute approximate surface area is 132 Å². The number of aryl methyl sites for hydroxylation is 1. The second kappa shape index (κ2) is 6.91. The van der Waals surface area contributed by atoms with E-state index in [1.54, 1.807) is 19.1 Å². The molecule has 1 atom stereocenters. The minimum absolute atomic E-state index is 0.0513. The third-order valence-electron chi connectivity index (χ3n) is 3.41. The molecule has 0 bridgehead atoms. The monoisotopic (exact) mass is 317 g/mol. The lowest BCUT2D eigenvalue weighted by Crippen LogP contribution is -2.42. The van der Waals surface area contributed by atoms with Crippen LogP contribution in [0.2, 0.25) is 0 Å². The number of aliphatic carboxylic acids is 1. The van der Waals surface area contributed by atoms with E-state index in [1.807, 2.05) is 0 Å². The number of benzene rings is 2. The quantitative estimate of drug-likeness (QED) is 0.789. The fraction of sp³-hybridized carbons (Fsp3) is 0.176. The first-order chi connectivity index (χ1) is 10.9. The molecule has 1 unspecified atom stereocenters. The van der Waals surface area contributed by atoms with Crippen LogP contribution in [-0.2, 0) is 11.2 Å². The molecule has 0 aliphatic rings. The van der Waals surface area contributed by atoms with E-state index >= 15 is 0 Å². The molecule has 0 saturated heterocycles. The smallest absolute Gasteiger partial charge is 0.326 e. The van der Waals surface area contributed by atoms with Crippen molar-refractivity contribution in [2.75, 3.05) is 0 Å². The Balaban J connectivity index is 2.12. The van der Waals surface area contributed by atoms with E-state index < -0.39 is 23.7 Å². The molecule has 6 heteroatoms. The molecule has 0 radical (unpaired) electrons. The summed E-state index contributed by atoms with van der Waals surface area (Å²) in [5.41, 5.74) is 1.11. The molecule has 5 nitrogen and oxygen atoms in total. The first-order valence-corrected chi connectivity index (χ1v) is 6.94. The van der Waals surface area contributed by atoms with Crippen molar-refractivity contribution in [3.05, 3.63) is 65.0 Å². The highest BCUT2D eigenvalue weighted by Gasteiger charge is 2.21. The summed E-state index contributed by atoms with van der Waals surface area (Å²) in [7, 11) is 0. The Kier molecular flexibility index (Phi) is 4.95. The number of nitrogens with one attached hydrogen (secondary N) is 1. The van der Waals surface area contributed by atoms with Crippen LogP contribution in [0.25, 0.3) is 0 Å². The van der Waals surface area contributed by atoms with Gasteiger partial charge in [-0.15, -0.1) is 0 Å². The van der Waals surface area contributed by atoms with E-state index in [9.17, 15) is 24.2 Å². The van der Waals surface area contributed by atoms with Gasteiger partial charge in [0.05, 0.1) is 0 Å². The molecule has 120 valence electrons. The molecular formula is C17H16FNO4. The van der Waals surface area contributed by atoms with Crippen molar-refractivity contribution in [3.8, 4) is 5.75 Å². The van der Waals surface area contributed by atoms with Crippen LogP contribution in [0, 0.1) is 12.7 Å². The van der Waals surface area contributed by atoms with Crippen LogP contribution >= 0.6 is 0 Å². The van der Waals surface area contributed by atoms with Crippen molar-refractivity contribution in [2.24, 2.45) is 0 Å². The van der Waals surface area contributed by atoms with Crippen LogP contribution in [0.1, 0.15) is 21.5 Å². The van der Waals surface area contributed by atoms with E-state index in [0.717, 1.165) is 6.07 Å². The molecule has 0 spiro atoms. The van der Waals surface area contributed by atoms with Crippen LogP contribution < -0.4 is 5.32 Å². The fourth-order valence-corrected chi connectivity index (χ4v) is 2.04. The zero-order valence-corrected chi connectivity index (χ0v) is 12.4. The largest absolute Gasteiger partial charge is 0.508 e. The van der Waals surface area contributed by atoms with Gasteiger partial charge in [0.2, 0.25) is 0 Å². The van der Waals surface area contributed by atoms with Gasteiger partial charge in [-0.25, -0.2) is 9.18 Å². The van der Waals surface area contributed by atoms with Gasteiger partial charge in [-0.1, -0.05) is 18.2 Å². The van der Waals surface area contributed by atoms with Gasteiger partial charge in [-0.3, -0.25) is 4.79 Å². The Hall–Kier alpha value is -2.89. The number of phenols is 1. The van der Waals surface area contributed by atoms with Gasteiger partial charge in [0.25, 0.3) is 5.91 Å². The van der Waals surface area contributed by atoms with E-state index in [0.29, 0.717) is 11.1 Å². The number of carboxylic acid groups (broad SMARTS) is 1. The molecule has 1 amide bonds. The second-order valence-corrected chi connectivity index (χ2v) is 5.20. The average molecular weight is 317 g/mol. The number of phenolic OH excluding ortho intramolecular Hbond substituents is 1. The summed E-state index contributed by atoms with van der Waals surface area (Å²) in [5, 5.41) is 20.8. The van der Waals surface area contributed by atoms with Crippen molar-refractivity contribution >= 4 is 11.9 Å². The molecule has 2 aromatic carbocycles. The topological polar surface area (TPSA) is 86.6 Å². The van der Waals surface area contributed by atoms with Crippen molar-refractivity contribution in [1.29, 1.82) is 0 Å². The predicted molar refractivity (Wildman–Crippen MR) is 81.8 cm³/mol. The number of carbonyl (C=O) groups is 2. The summed E-state index contributed by atoms with van der Waals surface area (Å²) in [4.78, 5) is 23.4. The number of amides is 1. The van der Waals surface area contributed by atoms with Gasteiger partial charge in [0.1, 0.15) is 17.6 Å². The normalized spacial score (nSPS) is 11.7. The number of aromatic hydroxyl groups is 1. The highest BCUT2D eigenvalue weighted by Crippen LogP contribution is 2.13. The van der Waals surface area contributed by atoms with Gasteiger partial charge in [-0.2, -0.15) is 0 Å². The molecule has 3 N–H and O–H groups in total. The average Bonchev–Trinajstić information content (AvgIpc) is 2.51. The van der Waals surface area contributed by atoms with E-state index in [4.69, 9.17) is 0 Å². The maximum Gasteiger partial charge on any atom is 0.326 e. The third-order valence-corrected chi connectivity index (χ3v) is 3.41. The lowest BCUT2D eigenvalue weighted by Gasteiger charge is -2.15. The summed E-state index contributed by atoms with van der Waals surface area (Å²) < 4.78 is 13.5. The number of carbonyl (C=O) groups excluding carboxylic acids is 1. The molecular weight excluding hydrogens is 301 g/mol. The molecule has 2 rings (SSSR count). The van der Waals surface area contributed by atoms with E-state index in [1.165, 1.54) is 24.3 Å². The first kappa shape index (κ1) is 16.5.